The Labute approximate surface area is 95.9 Å². The van der Waals surface area contributed by atoms with Gasteiger partial charge in [0.25, 0.3) is 0 Å². The second kappa shape index (κ2) is 4.64. The monoisotopic (exact) mass is 216 g/mol. The van der Waals surface area contributed by atoms with Gasteiger partial charge in [-0.1, -0.05) is 48.6 Å². The van der Waals surface area contributed by atoms with Gasteiger partial charge in [0.05, 0.1) is 6.61 Å². The molecule has 1 aliphatic rings. The summed E-state index contributed by atoms with van der Waals surface area (Å²) in [7, 11) is 1.63. The van der Waals surface area contributed by atoms with E-state index in [2.05, 4.69) is 18.2 Å². The number of benzene rings is 1. The summed E-state index contributed by atoms with van der Waals surface area (Å²) >= 11 is 0. The van der Waals surface area contributed by atoms with Crippen LogP contribution < -0.4 is 0 Å². The third kappa shape index (κ3) is 2.08. The van der Waals surface area contributed by atoms with Crippen molar-refractivity contribution in [2.75, 3.05) is 13.7 Å². The largest absolute Gasteiger partial charge is 0.393 e. The van der Waals surface area contributed by atoms with Gasteiger partial charge in [-0.3, -0.25) is 0 Å². The molecule has 1 aromatic carbocycles. The quantitative estimate of drug-likeness (QED) is 0.840. The molecule has 0 amide bonds. The summed E-state index contributed by atoms with van der Waals surface area (Å²) in [5, 5.41) is 9.40. The maximum Gasteiger partial charge on any atom is 0.113 e. The Morgan fingerprint density at radius 1 is 1.31 bits per heavy atom. The second-order valence-corrected chi connectivity index (χ2v) is 4.02. The molecule has 0 fully saturated rings. The Bertz CT molecular complexity index is 400. The Morgan fingerprint density at radius 2 is 2.06 bits per heavy atom. The molecule has 0 heterocycles. The molecular formula is C14H16O2. The predicted molar refractivity (Wildman–Crippen MR) is 65.0 cm³/mol. The van der Waals surface area contributed by atoms with Gasteiger partial charge in [-0.2, -0.15) is 0 Å². The SMILES string of the molecule is COC1(CO)C=CC=C(c2ccccc2)C1. The first-order valence-corrected chi connectivity index (χ1v) is 5.39. The van der Waals surface area contributed by atoms with Crippen LogP contribution in [-0.2, 0) is 4.74 Å². The van der Waals surface area contributed by atoms with Crippen molar-refractivity contribution in [3.05, 3.63) is 54.1 Å². The van der Waals surface area contributed by atoms with Crippen molar-refractivity contribution in [1.29, 1.82) is 0 Å². The van der Waals surface area contributed by atoms with E-state index in [1.54, 1.807) is 7.11 Å². The Morgan fingerprint density at radius 3 is 2.69 bits per heavy atom. The number of rotatable bonds is 3. The molecule has 0 aromatic heterocycles. The molecule has 2 nitrogen and oxygen atoms in total. The van der Waals surface area contributed by atoms with Crippen molar-refractivity contribution in [3.63, 3.8) is 0 Å². The molecule has 0 spiro atoms. The van der Waals surface area contributed by atoms with Crippen molar-refractivity contribution in [2.24, 2.45) is 0 Å². The van der Waals surface area contributed by atoms with E-state index in [4.69, 9.17) is 4.74 Å². The zero-order chi connectivity index (χ0) is 11.4. The number of hydrogen-bond acceptors (Lipinski definition) is 2. The van der Waals surface area contributed by atoms with Crippen LogP contribution in [0.4, 0.5) is 0 Å². The van der Waals surface area contributed by atoms with Gasteiger partial charge in [0.15, 0.2) is 0 Å². The maximum atomic E-state index is 9.40. The number of methoxy groups -OCH3 is 1. The summed E-state index contributed by atoms with van der Waals surface area (Å²) in [6.07, 6.45) is 6.65. The number of hydrogen-bond donors (Lipinski definition) is 1. The van der Waals surface area contributed by atoms with E-state index < -0.39 is 5.60 Å². The number of aliphatic hydroxyl groups excluding tert-OH is 1. The molecule has 1 aromatic rings. The van der Waals surface area contributed by atoms with Crippen LogP contribution in [0.1, 0.15) is 12.0 Å². The fourth-order valence-electron chi connectivity index (χ4n) is 1.94. The van der Waals surface area contributed by atoms with Crippen LogP contribution in [0.25, 0.3) is 5.57 Å². The number of aliphatic hydroxyl groups is 1. The third-order valence-corrected chi connectivity index (χ3v) is 3.01. The molecule has 1 N–H and O–H groups in total. The van der Waals surface area contributed by atoms with Gasteiger partial charge in [-0.25, -0.2) is 0 Å². The topological polar surface area (TPSA) is 29.5 Å². The Balaban J connectivity index is 2.26. The zero-order valence-electron chi connectivity index (χ0n) is 9.39. The molecule has 0 saturated heterocycles. The van der Waals surface area contributed by atoms with Crippen molar-refractivity contribution >= 4 is 5.57 Å². The minimum Gasteiger partial charge on any atom is -0.393 e. The first-order chi connectivity index (χ1) is 7.79. The molecule has 0 bridgehead atoms. The van der Waals surface area contributed by atoms with Crippen LogP contribution in [0.3, 0.4) is 0 Å². The van der Waals surface area contributed by atoms with E-state index in [1.165, 1.54) is 11.1 Å². The van der Waals surface area contributed by atoms with Crippen LogP contribution >= 0.6 is 0 Å². The lowest BCUT2D eigenvalue weighted by Gasteiger charge is -2.30. The predicted octanol–water partition coefficient (Wildman–Crippen LogP) is 2.41. The second-order valence-electron chi connectivity index (χ2n) is 4.02. The van der Waals surface area contributed by atoms with Crippen LogP contribution in [0.15, 0.2) is 48.6 Å². The van der Waals surface area contributed by atoms with Gasteiger partial charge in [0, 0.05) is 13.5 Å². The van der Waals surface area contributed by atoms with Crippen LogP contribution in [0.5, 0.6) is 0 Å². The highest BCUT2D eigenvalue weighted by Crippen LogP contribution is 2.31. The molecule has 2 rings (SSSR count). The fraction of sp³-hybridized carbons (Fsp3) is 0.286. The van der Waals surface area contributed by atoms with Crippen molar-refractivity contribution in [3.8, 4) is 0 Å². The summed E-state index contributed by atoms with van der Waals surface area (Å²) in [6.45, 7) is 0.00414. The smallest absolute Gasteiger partial charge is 0.113 e. The van der Waals surface area contributed by atoms with Crippen molar-refractivity contribution in [1.82, 2.24) is 0 Å². The summed E-state index contributed by atoms with van der Waals surface area (Å²) in [5.41, 5.74) is 1.82. The number of allylic oxidation sites excluding steroid dienone is 2. The van der Waals surface area contributed by atoms with Gasteiger partial charge in [-0.05, 0) is 11.1 Å². The van der Waals surface area contributed by atoms with Crippen LogP contribution in [0, 0.1) is 0 Å². The van der Waals surface area contributed by atoms with E-state index in [0.29, 0.717) is 6.42 Å². The Hall–Kier alpha value is -1.38. The molecule has 16 heavy (non-hydrogen) atoms. The van der Waals surface area contributed by atoms with Crippen LogP contribution in [-0.4, -0.2) is 24.4 Å². The van der Waals surface area contributed by atoms with Gasteiger partial charge in [-0.15, -0.1) is 0 Å². The highest BCUT2D eigenvalue weighted by atomic mass is 16.5. The average Bonchev–Trinajstić information content (AvgIpc) is 2.40. The molecular weight excluding hydrogens is 200 g/mol. The van der Waals surface area contributed by atoms with E-state index in [9.17, 15) is 5.11 Å². The standard InChI is InChI=1S/C14H16O2/c1-16-14(11-15)9-5-8-13(10-14)12-6-3-2-4-7-12/h2-9,15H,10-11H2,1H3. The van der Waals surface area contributed by atoms with E-state index >= 15 is 0 Å². The molecule has 2 heteroatoms. The first-order valence-electron chi connectivity index (χ1n) is 5.39. The van der Waals surface area contributed by atoms with Gasteiger partial charge in [0.1, 0.15) is 5.60 Å². The minimum atomic E-state index is -0.556. The summed E-state index contributed by atoms with van der Waals surface area (Å²) in [5.74, 6) is 0. The van der Waals surface area contributed by atoms with Gasteiger partial charge < -0.3 is 9.84 Å². The third-order valence-electron chi connectivity index (χ3n) is 3.01. The maximum absolute atomic E-state index is 9.40. The van der Waals surface area contributed by atoms with Gasteiger partial charge in [0.2, 0.25) is 0 Å². The highest BCUT2D eigenvalue weighted by molar-refractivity contribution is 5.69. The Kier molecular flexibility index (Phi) is 3.22. The summed E-state index contributed by atoms with van der Waals surface area (Å²) < 4.78 is 5.40. The van der Waals surface area contributed by atoms with E-state index in [1.807, 2.05) is 30.4 Å². The van der Waals surface area contributed by atoms with Crippen LogP contribution in [0.2, 0.25) is 0 Å². The van der Waals surface area contributed by atoms with Crippen molar-refractivity contribution in [2.45, 2.75) is 12.0 Å². The lowest BCUT2D eigenvalue weighted by atomic mass is 9.87. The molecule has 1 unspecified atom stereocenters. The minimum absolute atomic E-state index is 0.00414. The van der Waals surface area contributed by atoms with E-state index in [-0.39, 0.29) is 6.61 Å². The summed E-state index contributed by atoms with van der Waals surface area (Å²) in [6, 6.07) is 10.2. The molecule has 1 atom stereocenters. The van der Waals surface area contributed by atoms with E-state index in [0.717, 1.165) is 0 Å². The average molecular weight is 216 g/mol. The fourth-order valence-corrected chi connectivity index (χ4v) is 1.94. The molecule has 0 radical (unpaired) electrons. The molecule has 0 aliphatic heterocycles. The lowest BCUT2D eigenvalue weighted by molar-refractivity contribution is -0.0106. The first kappa shape index (κ1) is 11.1. The lowest BCUT2D eigenvalue weighted by Crippen LogP contribution is -2.34. The molecule has 84 valence electrons. The van der Waals surface area contributed by atoms with Gasteiger partial charge >= 0.3 is 0 Å². The zero-order valence-corrected chi connectivity index (χ0v) is 9.39. The molecule has 0 saturated carbocycles. The molecule has 1 aliphatic carbocycles. The highest BCUT2D eigenvalue weighted by Gasteiger charge is 2.29. The summed E-state index contributed by atoms with van der Waals surface area (Å²) in [4.78, 5) is 0. The normalized spacial score (nSPS) is 24.2. The van der Waals surface area contributed by atoms with Crippen molar-refractivity contribution < 1.29 is 9.84 Å². The number of ether oxygens (including phenoxy) is 1.